The number of pyridine rings is 1. The minimum atomic E-state index is -0.392. The van der Waals surface area contributed by atoms with Gasteiger partial charge in [0.25, 0.3) is 5.91 Å². The van der Waals surface area contributed by atoms with E-state index in [1.54, 1.807) is 36.5 Å². The number of ether oxygens (including phenoxy) is 1. The molecule has 1 atom stereocenters. The van der Waals surface area contributed by atoms with Crippen LogP contribution >= 0.6 is 0 Å². The van der Waals surface area contributed by atoms with Crippen molar-refractivity contribution in [2.75, 3.05) is 7.05 Å². The average molecular weight is 355 g/mol. The van der Waals surface area contributed by atoms with Gasteiger partial charge in [-0.25, -0.2) is 9.37 Å². The number of benzene rings is 1. The van der Waals surface area contributed by atoms with Gasteiger partial charge in [-0.2, -0.15) is 0 Å². The lowest BCUT2D eigenvalue weighted by Gasteiger charge is -2.24. The average Bonchev–Trinajstić information content (AvgIpc) is 3.14. The Kier molecular flexibility index (Phi) is 5.26. The van der Waals surface area contributed by atoms with E-state index >= 15 is 0 Å². The molecule has 0 N–H and O–H groups in total. The Bertz CT molecular complexity index is 883. The number of nitrogens with zero attached hydrogens (tertiary/aromatic N) is 3. The Labute approximate surface area is 150 Å². The highest BCUT2D eigenvalue weighted by atomic mass is 19.1. The van der Waals surface area contributed by atoms with Crippen molar-refractivity contribution in [3.8, 4) is 5.75 Å². The first-order valence-electron chi connectivity index (χ1n) is 8.04. The molecule has 3 aromatic rings. The van der Waals surface area contributed by atoms with Crippen LogP contribution < -0.4 is 4.74 Å². The van der Waals surface area contributed by atoms with Gasteiger partial charge in [0.05, 0.1) is 6.04 Å². The van der Waals surface area contributed by atoms with Gasteiger partial charge in [-0.05, 0) is 30.7 Å². The second-order valence-electron chi connectivity index (χ2n) is 5.75. The van der Waals surface area contributed by atoms with Crippen molar-refractivity contribution in [3.63, 3.8) is 0 Å². The Morgan fingerprint density at radius 3 is 2.92 bits per heavy atom. The van der Waals surface area contributed by atoms with Crippen LogP contribution in [0.25, 0.3) is 0 Å². The van der Waals surface area contributed by atoms with E-state index in [1.165, 1.54) is 18.4 Å². The highest BCUT2D eigenvalue weighted by Crippen LogP contribution is 2.20. The third kappa shape index (κ3) is 4.05. The van der Waals surface area contributed by atoms with Gasteiger partial charge >= 0.3 is 0 Å². The lowest BCUT2D eigenvalue weighted by molar-refractivity contribution is 0.0736. The fourth-order valence-electron chi connectivity index (χ4n) is 2.38. The molecule has 134 valence electrons. The van der Waals surface area contributed by atoms with E-state index in [2.05, 4.69) is 9.97 Å². The molecule has 7 heteroatoms. The van der Waals surface area contributed by atoms with Crippen molar-refractivity contribution in [3.05, 3.63) is 78.0 Å². The first-order chi connectivity index (χ1) is 12.5. The van der Waals surface area contributed by atoms with Crippen LogP contribution in [0.2, 0.25) is 0 Å². The molecule has 0 aliphatic heterocycles. The van der Waals surface area contributed by atoms with Gasteiger partial charge in [0.1, 0.15) is 17.8 Å². The number of carbonyl (C=O) groups excluding carboxylic acids is 1. The highest BCUT2D eigenvalue weighted by molar-refractivity contribution is 5.92. The van der Waals surface area contributed by atoms with Gasteiger partial charge in [0.2, 0.25) is 5.89 Å². The molecular formula is C19H18FN3O3. The van der Waals surface area contributed by atoms with Gasteiger partial charge in [-0.15, -0.1) is 0 Å². The first kappa shape index (κ1) is 17.6. The summed E-state index contributed by atoms with van der Waals surface area (Å²) < 4.78 is 23.8. The molecule has 2 aromatic heterocycles. The summed E-state index contributed by atoms with van der Waals surface area (Å²) in [5, 5.41) is 0. The third-order valence-electron chi connectivity index (χ3n) is 4.00. The number of hydrogen-bond donors (Lipinski definition) is 0. The quantitative estimate of drug-likeness (QED) is 0.675. The summed E-state index contributed by atoms with van der Waals surface area (Å²) in [5.41, 5.74) is 1.10. The van der Waals surface area contributed by atoms with Crippen LogP contribution in [0, 0.1) is 5.82 Å². The van der Waals surface area contributed by atoms with Gasteiger partial charge in [-0.1, -0.05) is 12.1 Å². The molecule has 6 nitrogen and oxygen atoms in total. The molecule has 0 saturated carbocycles. The van der Waals surface area contributed by atoms with Crippen molar-refractivity contribution >= 4 is 5.91 Å². The summed E-state index contributed by atoms with van der Waals surface area (Å²) >= 11 is 0. The van der Waals surface area contributed by atoms with Crippen LogP contribution in [-0.4, -0.2) is 27.8 Å². The molecule has 3 rings (SSSR count). The Morgan fingerprint density at radius 2 is 2.19 bits per heavy atom. The Hall–Kier alpha value is -3.22. The van der Waals surface area contributed by atoms with Crippen LogP contribution in [0.4, 0.5) is 4.39 Å². The zero-order valence-electron chi connectivity index (χ0n) is 14.4. The SMILES string of the molecule is C[C@H](c1cccnc1)N(C)C(=O)c1coc(COc2cccc(F)c2)n1. The lowest BCUT2D eigenvalue weighted by atomic mass is 10.1. The largest absolute Gasteiger partial charge is 0.484 e. The molecule has 1 amide bonds. The van der Waals surface area contributed by atoms with Gasteiger partial charge < -0.3 is 14.1 Å². The van der Waals surface area contributed by atoms with Gasteiger partial charge in [0.15, 0.2) is 12.3 Å². The Balaban J connectivity index is 1.64. The van der Waals surface area contributed by atoms with Crippen LogP contribution in [0.3, 0.4) is 0 Å². The first-order valence-corrected chi connectivity index (χ1v) is 8.04. The van der Waals surface area contributed by atoms with E-state index in [-0.39, 0.29) is 30.1 Å². The van der Waals surface area contributed by atoms with Crippen molar-refractivity contribution in [2.24, 2.45) is 0 Å². The zero-order chi connectivity index (χ0) is 18.5. The molecule has 26 heavy (non-hydrogen) atoms. The van der Waals surface area contributed by atoms with Crippen molar-refractivity contribution in [1.82, 2.24) is 14.9 Å². The molecule has 0 saturated heterocycles. The maximum Gasteiger partial charge on any atom is 0.276 e. The number of carbonyl (C=O) groups is 1. The lowest BCUT2D eigenvalue weighted by Crippen LogP contribution is -2.30. The summed E-state index contributed by atoms with van der Waals surface area (Å²) in [7, 11) is 1.69. The fourth-order valence-corrected chi connectivity index (χ4v) is 2.38. The second-order valence-corrected chi connectivity index (χ2v) is 5.75. The fraction of sp³-hybridized carbons (Fsp3) is 0.211. The zero-order valence-corrected chi connectivity index (χ0v) is 14.4. The molecule has 0 radical (unpaired) electrons. The Morgan fingerprint density at radius 1 is 1.35 bits per heavy atom. The summed E-state index contributed by atoms with van der Waals surface area (Å²) in [6.07, 6.45) is 4.69. The maximum atomic E-state index is 13.1. The van der Waals surface area contributed by atoms with Crippen LogP contribution in [0.15, 0.2) is 59.5 Å². The maximum absolute atomic E-state index is 13.1. The minimum absolute atomic E-state index is 0.00138. The van der Waals surface area contributed by atoms with Crippen LogP contribution in [-0.2, 0) is 6.61 Å². The van der Waals surface area contributed by atoms with Crippen molar-refractivity contribution in [2.45, 2.75) is 19.6 Å². The number of amides is 1. The molecule has 0 unspecified atom stereocenters. The molecule has 0 aliphatic rings. The number of hydrogen-bond acceptors (Lipinski definition) is 5. The summed E-state index contributed by atoms with van der Waals surface area (Å²) in [5.74, 6) is -0.0719. The summed E-state index contributed by atoms with van der Waals surface area (Å²) in [6, 6.07) is 9.32. The highest BCUT2D eigenvalue weighted by Gasteiger charge is 2.22. The normalized spacial score (nSPS) is 11.8. The smallest absolute Gasteiger partial charge is 0.276 e. The third-order valence-corrected chi connectivity index (χ3v) is 4.00. The van der Waals surface area contributed by atoms with E-state index in [0.717, 1.165) is 5.56 Å². The van der Waals surface area contributed by atoms with E-state index in [1.807, 2.05) is 19.1 Å². The molecule has 0 bridgehead atoms. The van der Waals surface area contributed by atoms with Gasteiger partial charge in [0, 0.05) is 25.5 Å². The van der Waals surface area contributed by atoms with Crippen LogP contribution in [0.1, 0.15) is 34.9 Å². The topological polar surface area (TPSA) is 68.5 Å². The van der Waals surface area contributed by atoms with E-state index < -0.39 is 5.82 Å². The van der Waals surface area contributed by atoms with Crippen LogP contribution in [0.5, 0.6) is 5.75 Å². The predicted octanol–water partition coefficient (Wildman–Crippen LogP) is 3.62. The second kappa shape index (κ2) is 7.77. The number of rotatable bonds is 6. The predicted molar refractivity (Wildman–Crippen MR) is 92.0 cm³/mol. The number of halogens is 1. The molecular weight excluding hydrogens is 337 g/mol. The van der Waals surface area contributed by atoms with Gasteiger partial charge in [-0.3, -0.25) is 9.78 Å². The van der Waals surface area contributed by atoms with Crippen molar-refractivity contribution in [1.29, 1.82) is 0 Å². The molecule has 2 heterocycles. The summed E-state index contributed by atoms with van der Waals surface area (Å²) in [4.78, 5) is 22.4. The molecule has 0 aliphatic carbocycles. The standard InChI is InChI=1S/C19H18FN3O3/c1-13(14-5-4-8-21-10-14)23(2)19(24)17-11-26-18(22-17)12-25-16-7-3-6-15(20)9-16/h3-11,13H,12H2,1-2H3/t13-/m1/s1. The van der Waals surface area contributed by atoms with E-state index in [9.17, 15) is 9.18 Å². The molecule has 1 aromatic carbocycles. The van der Waals surface area contributed by atoms with Crippen molar-refractivity contribution < 1.29 is 18.3 Å². The number of oxazole rings is 1. The van der Waals surface area contributed by atoms with E-state index in [4.69, 9.17) is 9.15 Å². The monoisotopic (exact) mass is 355 g/mol. The minimum Gasteiger partial charge on any atom is -0.484 e. The van der Waals surface area contributed by atoms with E-state index in [0.29, 0.717) is 5.75 Å². The number of aromatic nitrogens is 2. The summed E-state index contributed by atoms with van der Waals surface area (Å²) in [6.45, 7) is 1.90. The molecule has 0 spiro atoms. The molecule has 0 fully saturated rings.